The number of nitrogens with zero attached hydrogens (tertiary/aromatic N) is 3. The van der Waals surface area contributed by atoms with E-state index in [1.54, 1.807) is 21.1 Å². The van der Waals surface area contributed by atoms with Gasteiger partial charge in [0.05, 0.1) is 20.3 Å². The molecular weight excluding hydrogens is 322 g/mol. The van der Waals surface area contributed by atoms with E-state index in [9.17, 15) is 0 Å². The van der Waals surface area contributed by atoms with Crippen LogP contribution in [0, 0.1) is 6.92 Å². The van der Waals surface area contributed by atoms with Gasteiger partial charge in [0.15, 0.2) is 11.8 Å². The molecule has 0 bridgehead atoms. The van der Waals surface area contributed by atoms with Gasteiger partial charge in [0, 0.05) is 19.0 Å². The Hall–Kier alpha value is -2.77. The Morgan fingerprint density at radius 1 is 1.32 bits per heavy atom. The van der Waals surface area contributed by atoms with E-state index in [4.69, 9.17) is 14.0 Å². The summed E-state index contributed by atoms with van der Waals surface area (Å²) in [6.45, 7) is 6.85. The zero-order valence-electron chi connectivity index (χ0n) is 15.3. The van der Waals surface area contributed by atoms with Crippen LogP contribution in [0.25, 0.3) is 0 Å². The number of hydrogen-bond donors (Lipinski definition) is 2. The van der Waals surface area contributed by atoms with E-state index < -0.39 is 0 Å². The molecule has 0 aliphatic carbocycles. The molecule has 0 radical (unpaired) electrons. The lowest BCUT2D eigenvalue weighted by atomic mass is 10.1. The monoisotopic (exact) mass is 347 g/mol. The van der Waals surface area contributed by atoms with Crippen LogP contribution in [0.2, 0.25) is 0 Å². The highest BCUT2D eigenvalue weighted by atomic mass is 16.5. The molecule has 8 heteroatoms. The van der Waals surface area contributed by atoms with Gasteiger partial charge in [0.25, 0.3) is 0 Å². The van der Waals surface area contributed by atoms with Crippen molar-refractivity contribution in [3.8, 4) is 11.5 Å². The number of guanidine groups is 1. The largest absolute Gasteiger partial charge is 0.497 e. The SMILES string of the molecule is CCNC(=NCc1noc(C)n1)NC(C)c1cc(OC)ccc1OC. The van der Waals surface area contributed by atoms with Crippen molar-refractivity contribution in [2.45, 2.75) is 33.4 Å². The summed E-state index contributed by atoms with van der Waals surface area (Å²) in [4.78, 5) is 8.65. The Bertz CT molecular complexity index is 714. The summed E-state index contributed by atoms with van der Waals surface area (Å²) in [5.74, 6) is 3.28. The minimum absolute atomic E-state index is 0.0464. The first-order chi connectivity index (χ1) is 12.1. The summed E-state index contributed by atoms with van der Waals surface area (Å²) in [6, 6.07) is 5.66. The summed E-state index contributed by atoms with van der Waals surface area (Å²) in [5.41, 5.74) is 0.975. The van der Waals surface area contributed by atoms with Crippen LogP contribution in [0.15, 0.2) is 27.7 Å². The van der Waals surface area contributed by atoms with E-state index >= 15 is 0 Å². The fourth-order valence-corrected chi connectivity index (χ4v) is 2.34. The maximum Gasteiger partial charge on any atom is 0.223 e. The summed E-state index contributed by atoms with van der Waals surface area (Å²) in [7, 11) is 3.29. The third-order valence-electron chi connectivity index (χ3n) is 3.55. The van der Waals surface area contributed by atoms with Gasteiger partial charge in [-0.25, -0.2) is 4.99 Å². The van der Waals surface area contributed by atoms with E-state index in [1.165, 1.54) is 0 Å². The van der Waals surface area contributed by atoms with Crippen LogP contribution in [0.1, 0.15) is 37.2 Å². The number of ether oxygens (including phenoxy) is 2. The molecule has 2 aromatic rings. The molecule has 2 rings (SSSR count). The number of hydrogen-bond acceptors (Lipinski definition) is 6. The van der Waals surface area contributed by atoms with Crippen molar-refractivity contribution in [3.63, 3.8) is 0 Å². The van der Waals surface area contributed by atoms with Gasteiger partial charge in [-0.2, -0.15) is 4.98 Å². The third-order valence-corrected chi connectivity index (χ3v) is 3.55. The van der Waals surface area contributed by atoms with Gasteiger partial charge >= 0.3 is 0 Å². The topological polar surface area (TPSA) is 93.8 Å². The highest BCUT2D eigenvalue weighted by molar-refractivity contribution is 5.80. The van der Waals surface area contributed by atoms with E-state index in [0.717, 1.165) is 23.6 Å². The van der Waals surface area contributed by atoms with Crippen LogP contribution >= 0.6 is 0 Å². The first kappa shape index (κ1) is 18.6. The van der Waals surface area contributed by atoms with E-state index in [1.807, 2.05) is 32.0 Å². The van der Waals surface area contributed by atoms with E-state index in [-0.39, 0.29) is 6.04 Å². The van der Waals surface area contributed by atoms with Crippen molar-refractivity contribution in [1.82, 2.24) is 20.8 Å². The van der Waals surface area contributed by atoms with Crippen LogP contribution < -0.4 is 20.1 Å². The number of aliphatic imine (C=N–C) groups is 1. The quantitative estimate of drug-likeness (QED) is 0.586. The van der Waals surface area contributed by atoms with Gasteiger partial charge in [0.2, 0.25) is 5.89 Å². The predicted molar refractivity (Wildman–Crippen MR) is 94.9 cm³/mol. The molecule has 0 saturated carbocycles. The number of nitrogens with one attached hydrogen (secondary N) is 2. The fraction of sp³-hybridized carbons (Fsp3) is 0.471. The lowest BCUT2D eigenvalue weighted by Gasteiger charge is -2.20. The zero-order chi connectivity index (χ0) is 18.2. The van der Waals surface area contributed by atoms with E-state index in [2.05, 4.69) is 25.8 Å². The summed E-state index contributed by atoms with van der Waals surface area (Å²) in [6.07, 6.45) is 0. The van der Waals surface area contributed by atoms with Crippen LogP contribution in [-0.4, -0.2) is 36.9 Å². The average molecular weight is 347 g/mol. The van der Waals surface area contributed by atoms with Crippen LogP contribution in [0.4, 0.5) is 0 Å². The molecule has 1 atom stereocenters. The van der Waals surface area contributed by atoms with Crippen molar-refractivity contribution in [2.75, 3.05) is 20.8 Å². The first-order valence-corrected chi connectivity index (χ1v) is 8.13. The second-order valence-electron chi connectivity index (χ2n) is 5.40. The predicted octanol–water partition coefficient (Wildman–Crippen LogP) is 2.21. The molecule has 1 unspecified atom stereocenters. The van der Waals surface area contributed by atoms with Crippen LogP contribution in [-0.2, 0) is 6.54 Å². The zero-order valence-corrected chi connectivity index (χ0v) is 15.3. The molecule has 0 aliphatic heterocycles. The molecule has 2 N–H and O–H groups in total. The van der Waals surface area contributed by atoms with Crippen LogP contribution in [0.5, 0.6) is 11.5 Å². The number of benzene rings is 1. The lowest BCUT2D eigenvalue weighted by molar-refractivity contribution is 0.387. The average Bonchev–Trinajstić information content (AvgIpc) is 3.04. The Balaban J connectivity index is 2.15. The first-order valence-electron chi connectivity index (χ1n) is 8.13. The molecule has 25 heavy (non-hydrogen) atoms. The highest BCUT2D eigenvalue weighted by Gasteiger charge is 2.14. The standard InChI is InChI=1S/C17H25N5O3/c1-6-18-17(19-10-16-21-12(3)25-22-16)20-11(2)14-9-13(23-4)7-8-15(14)24-5/h7-9,11H,6,10H2,1-5H3,(H2,18,19,20). The maximum atomic E-state index is 5.45. The van der Waals surface area contributed by atoms with Gasteiger partial charge < -0.3 is 24.6 Å². The van der Waals surface area contributed by atoms with Gasteiger partial charge in [-0.05, 0) is 32.0 Å². The molecule has 0 spiro atoms. The van der Waals surface area contributed by atoms with Crippen molar-refractivity contribution >= 4 is 5.96 Å². The Morgan fingerprint density at radius 3 is 2.72 bits per heavy atom. The molecule has 0 amide bonds. The van der Waals surface area contributed by atoms with Gasteiger partial charge in [-0.1, -0.05) is 5.16 Å². The van der Waals surface area contributed by atoms with Crippen molar-refractivity contribution in [2.24, 2.45) is 4.99 Å². The fourth-order valence-electron chi connectivity index (χ4n) is 2.34. The molecule has 0 saturated heterocycles. The van der Waals surface area contributed by atoms with Gasteiger partial charge in [-0.3, -0.25) is 0 Å². The molecule has 136 valence electrons. The molecule has 8 nitrogen and oxygen atoms in total. The number of rotatable bonds is 7. The summed E-state index contributed by atoms with van der Waals surface area (Å²) in [5, 5.41) is 10.4. The van der Waals surface area contributed by atoms with Crippen molar-refractivity contribution < 1.29 is 14.0 Å². The molecule has 0 aliphatic rings. The minimum Gasteiger partial charge on any atom is -0.497 e. The highest BCUT2D eigenvalue weighted by Crippen LogP contribution is 2.29. The Kier molecular flexibility index (Phi) is 6.62. The second-order valence-corrected chi connectivity index (χ2v) is 5.40. The van der Waals surface area contributed by atoms with Gasteiger partial charge in [0.1, 0.15) is 18.0 Å². The molecule has 0 fully saturated rings. The molecule has 1 aromatic carbocycles. The number of methoxy groups -OCH3 is 2. The molecule has 1 heterocycles. The van der Waals surface area contributed by atoms with Crippen molar-refractivity contribution in [1.29, 1.82) is 0 Å². The van der Waals surface area contributed by atoms with Crippen molar-refractivity contribution in [3.05, 3.63) is 35.5 Å². The Labute approximate surface area is 147 Å². The summed E-state index contributed by atoms with van der Waals surface area (Å²) >= 11 is 0. The third kappa shape index (κ3) is 5.10. The second kappa shape index (κ2) is 8.91. The van der Waals surface area contributed by atoms with Gasteiger partial charge in [-0.15, -0.1) is 0 Å². The smallest absolute Gasteiger partial charge is 0.223 e. The number of aryl methyl sites for hydroxylation is 1. The maximum absolute atomic E-state index is 5.45. The normalized spacial score (nSPS) is 12.6. The number of aromatic nitrogens is 2. The summed E-state index contributed by atoms with van der Waals surface area (Å²) < 4.78 is 15.7. The molecular formula is C17H25N5O3. The van der Waals surface area contributed by atoms with Crippen LogP contribution in [0.3, 0.4) is 0 Å². The van der Waals surface area contributed by atoms with E-state index in [0.29, 0.717) is 24.2 Å². The lowest BCUT2D eigenvalue weighted by Crippen LogP contribution is -2.38. The Morgan fingerprint density at radius 2 is 2.12 bits per heavy atom. The minimum atomic E-state index is -0.0464. The molecule has 1 aromatic heterocycles.